The minimum atomic E-state index is -0.846. The Morgan fingerprint density at radius 2 is 2.11 bits per heavy atom. The minimum absolute atomic E-state index is 0.00909. The Morgan fingerprint density at radius 3 is 2.67 bits per heavy atom. The summed E-state index contributed by atoms with van der Waals surface area (Å²) in [4.78, 5) is 25.2. The van der Waals surface area contributed by atoms with Crippen LogP contribution >= 0.6 is 0 Å². The van der Waals surface area contributed by atoms with Crippen LogP contribution in [0.2, 0.25) is 0 Å². The average molecular weight is 274 g/mol. The highest BCUT2D eigenvalue weighted by Crippen LogP contribution is 2.11. The van der Waals surface area contributed by atoms with Crippen LogP contribution < -0.4 is 5.32 Å². The number of carbonyl (C=O) groups excluding carboxylic acids is 2. The predicted molar refractivity (Wildman–Crippen MR) is 71.5 cm³/mol. The first-order chi connectivity index (χ1) is 8.40. The molecule has 2 atom stereocenters. The lowest BCUT2D eigenvalue weighted by Crippen LogP contribution is -2.58. The maximum Gasteiger partial charge on any atom is 0.245 e. The Labute approximate surface area is 111 Å². The molecule has 5 nitrogen and oxygen atoms in total. The first kappa shape index (κ1) is 15.1. The molecule has 0 radical (unpaired) electrons. The Hall–Kier alpha value is -0.910. The summed E-state index contributed by atoms with van der Waals surface area (Å²) in [5.41, 5.74) is 0. The Morgan fingerprint density at radius 1 is 1.44 bits per heavy atom. The van der Waals surface area contributed by atoms with Crippen LogP contribution in [-0.2, 0) is 20.4 Å². The van der Waals surface area contributed by atoms with Crippen molar-refractivity contribution < 1.29 is 13.8 Å². The summed E-state index contributed by atoms with van der Waals surface area (Å²) < 4.78 is 11.0. The molecule has 18 heavy (non-hydrogen) atoms. The van der Waals surface area contributed by atoms with E-state index in [9.17, 15) is 13.8 Å². The van der Waals surface area contributed by atoms with Gasteiger partial charge in [-0.3, -0.25) is 13.8 Å². The van der Waals surface area contributed by atoms with Gasteiger partial charge in [0.1, 0.15) is 6.04 Å². The monoisotopic (exact) mass is 274 g/mol. The molecular weight excluding hydrogens is 252 g/mol. The van der Waals surface area contributed by atoms with Crippen molar-refractivity contribution in [3.05, 3.63) is 0 Å². The fourth-order valence-corrected chi connectivity index (χ4v) is 2.59. The molecule has 2 unspecified atom stereocenters. The summed E-state index contributed by atoms with van der Waals surface area (Å²) in [6.07, 6.45) is 2.99. The third-order valence-electron chi connectivity index (χ3n) is 2.85. The molecule has 0 bridgehead atoms. The van der Waals surface area contributed by atoms with Crippen LogP contribution in [-0.4, -0.2) is 52.1 Å². The number of carbonyl (C=O) groups is 2. The number of amides is 2. The van der Waals surface area contributed by atoms with Gasteiger partial charge < -0.3 is 10.2 Å². The molecule has 0 spiro atoms. The van der Waals surface area contributed by atoms with Crippen molar-refractivity contribution in [3.8, 4) is 0 Å². The highest BCUT2D eigenvalue weighted by molar-refractivity contribution is 7.84. The minimum Gasteiger partial charge on any atom is -0.343 e. The fourth-order valence-electron chi connectivity index (χ4n) is 2.05. The Kier molecular flexibility index (Phi) is 5.78. The molecule has 1 N–H and O–H groups in total. The van der Waals surface area contributed by atoms with E-state index in [1.54, 1.807) is 11.2 Å². The molecular formula is C12H22N2O3S. The van der Waals surface area contributed by atoms with Crippen LogP contribution in [0.25, 0.3) is 0 Å². The maximum atomic E-state index is 12.1. The van der Waals surface area contributed by atoms with Crippen molar-refractivity contribution in [2.75, 3.05) is 25.1 Å². The third-order valence-corrected chi connectivity index (χ3v) is 3.71. The molecule has 0 aliphatic carbocycles. The molecule has 0 aromatic carbocycles. The SMILES string of the molecule is CC(C)CC1NC(=O)CN(CCCS(C)=O)C1=O. The van der Waals surface area contributed by atoms with Gasteiger partial charge in [-0.05, 0) is 18.8 Å². The second-order valence-electron chi connectivity index (χ2n) is 5.14. The predicted octanol–water partition coefficient (Wildman–Crippen LogP) is 0.128. The van der Waals surface area contributed by atoms with Crippen LogP contribution in [0.3, 0.4) is 0 Å². The second-order valence-corrected chi connectivity index (χ2v) is 6.69. The highest BCUT2D eigenvalue weighted by Gasteiger charge is 2.32. The number of nitrogens with zero attached hydrogens (tertiary/aromatic N) is 1. The van der Waals surface area contributed by atoms with Crippen LogP contribution in [0.15, 0.2) is 0 Å². The summed E-state index contributed by atoms with van der Waals surface area (Å²) in [6.45, 7) is 4.70. The number of hydrogen-bond acceptors (Lipinski definition) is 3. The summed E-state index contributed by atoms with van der Waals surface area (Å²) in [5, 5.41) is 2.74. The van der Waals surface area contributed by atoms with Crippen LogP contribution in [0.1, 0.15) is 26.7 Å². The summed E-state index contributed by atoms with van der Waals surface area (Å²) in [7, 11) is -0.846. The van der Waals surface area contributed by atoms with Crippen molar-refractivity contribution in [1.82, 2.24) is 10.2 Å². The van der Waals surface area contributed by atoms with Gasteiger partial charge in [0.25, 0.3) is 0 Å². The Bertz CT molecular complexity index is 344. The quantitative estimate of drug-likeness (QED) is 0.748. The molecule has 1 heterocycles. The largest absolute Gasteiger partial charge is 0.343 e. The number of rotatable bonds is 6. The van der Waals surface area contributed by atoms with E-state index in [0.29, 0.717) is 31.1 Å². The standard InChI is InChI=1S/C12H22N2O3S/c1-9(2)7-10-12(16)14(8-11(15)13-10)5-4-6-18(3)17/h9-10H,4-8H2,1-3H3,(H,13,15). The van der Waals surface area contributed by atoms with Crippen molar-refractivity contribution in [2.45, 2.75) is 32.7 Å². The highest BCUT2D eigenvalue weighted by atomic mass is 32.2. The average Bonchev–Trinajstić information content (AvgIpc) is 2.23. The normalized spacial score (nSPS) is 22.2. The van der Waals surface area contributed by atoms with Gasteiger partial charge in [0.05, 0.1) is 6.54 Å². The fraction of sp³-hybridized carbons (Fsp3) is 0.833. The number of piperazine rings is 1. The zero-order chi connectivity index (χ0) is 13.7. The second kappa shape index (κ2) is 6.87. The van der Waals surface area contributed by atoms with Crippen molar-refractivity contribution >= 4 is 22.6 Å². The van der Waals surface area contributed by atoms with Crippen LogP contribution in [0, 0.1) is 5.92 Å². The van der Waals surface area contributed by atoms with Crippen molar-refractivity contribution in [2.24, 2.45) is 5.92 Å². The molecule has 0 aromatic rings. The zero-order valence-electron chi connectivity index (χ0n) is 11.3. The van der Waals surface area contributed by atoms with Crippen LogP contribution in [0.5, 0.6) is 0 Å². The van der Waals surface area contributed by atoms with Gasteiger partial charge in [-0.15, -0.1) is 0 Å². The van der Waals surface area contributed by atoms with E-state index in [1.165, 1.54) is 0 Å². The summed E-state index contributed by atoms with van der Waals surface area (Å²) in [6, 6.07) is -0.390. The molecule has 6 heteroatoms. The van der Waals surface area contributed by atoms with E-state index in [4.69, 9.17) is 0 Å². The number of hydrogen-bond donors (Lipinski definition) is 1. The molecule has 1 saturated heterocycles. The van der Waals surface area contributed by atoms with E-state index in [2.05, 4.69) is 5.32 Å². The molecule has 1 aliphatic heterocycles. The van der Waals surface area contributed by atoms with Gasteiger partial charge >= 0.3 is 0 Å². The van der Waals surface area contributed by atoms with Gasteiger partial charge in [0.2, 0.25) is 11.8 Å². The van der Waals surface area contributed by atoms with Gasteiger partial charge in [-0.1, -0.05) is 13.8 Å². The first-order valence-corrected chi connectivity index (χ1v) is 8.01. The third kappa shape index (κ3) is 4.76. The van der Waals surface area contributed by atoms with E-state index in [1.807, 2.05) is 13.8 Å². The molecule has 0 aromatic heterocycles. The van der Waals surface area contributed by atoms with Crippen LogP contribution in [0.4, 0.5) is 0 Å². The molecule has 104 valence electrons. The lowest BCUT2D eigenvalue weighted by molar-refractivity contribution is -0.144. The molecule has 1 fully saturated rings. The molecule has 0 saturated carbocycles. The Balaban J connectivity index is 2.53. The van der Waals surface area contributed by atoms with Gasteiger partial charge in [-0.2, -0.15) is 0 Å². The summed E-state index contributed by atoms with van der Waals surface area (Å²) >= 11 is 0. The zero-order valence-corrected chi connectivity index (χ0v) is 12.1. The molecule has 1 rings (SSSR count). The lowest BCUT2D eigenvalue weighted by atomic mass is 10.0. The van der Waals surface area contributed by atoms with E-state index in [0.717, 1.165) is 0 Å². The van der Waals surface area contributed by atoms with E-state index in [-0.39, 0.29) is 18.4 Å². The van der Waals surface area contributed by atoms with E-state index >= 15 is 0 Å². The first-order valence-electron chi connectivity index (χ1n) is 6.28. The van der Waals surface area contributed by atoms with Gasteiger partial charge in [0, 0.05) is 29.4 Å². The lowest BCUT2D eigenvalue weighted by Gasteiger charge is -2.33. The maximum absolute atomic E-state index is 12.1. The van der Waals surface area contributed by atoms with Gasteiger partial charge in [-0.25, -0.2) is 0 Å². The summed E-state index contributed by atoms with van der Waals surface area (Å²) in [5.74, 6) is 0.825. The van der Waals surface area contributed by atoms with Crippen molar-refractivity contribution in [3.63, 3.8) is 0 Å². The molecule has 2 amide bonds. The van der Waals surface area contributed by atoms with E-state index < -0.39 is 16.8 Å². The number of nitrogens with one attached hydrogen (secondary N) is 1. The van der Waals surface area contributed by atoms with Gasteiger partial charge in [0.15, 0.2) is 0 Å². The van der Waals surface area contributed by atoms with Crippen molar-refractivity contribution in [1.29, 1.82) is 0 Å². The topological polar surface area (TPSA) is 66.5 Å². The smallest absolute Gasteiger partial charge is 0.245 e. The molecule has 1 aliphatic rings.